The van der Waals surface area contributed by atoms with Gasteiger partial charge in [-0.3, -0.25) is 4.40 Å². The average Bonchev–Trinajstić information content (AvgIpc) is 3.05. The van der Waals surface area contributed by atoms with Gasteiger partial charge in [-0.05, 0) is 32.7 Å². The van der Waals surface area contributed by atoms with Crippen LogP contribution >= 0.6 is 0 Å². The Morgan fingerprint density at radius 2 is 2.37 bits per heavy atom. The third-order valence-electron chi connectivity index (χ3n) is 3.82. The highest BCUT2D eigenvalue weighted by Gasteiger charge is 2.24. The van der Waals surface area contributed by atoms with Crippen molar-refractivity contribution >= 4 is 11.5 Å². The Labute approximate surface area is 112 Å². The summed E-state index contributed by atoms with van der Waals surface area (Å²) >= 11 is 0. The van der Waals surface area contributed by atoms with Crippen molar-refractivity contribution in [2.24, 2.45) is 5.92 Å². The normalized spacial score (nSPS) is 20.5. The van der Waals surface area contributed by atoms with Crippen LogP contribution in [0.1, 0.15) is 20.3 Å². The number of likely N-dealkylation sites (tertiary alicyclic amines) is 1. The molecule has 0 aromatic carbocycles. The van der Waals surface area contributed by atoms with Crippen LogP contribution < -0.4 is 5.32 Å². The fraction of sp³-hybridized carbons (Fsp3) is 0.615. The first kappa shape index (κ1) is 12.3. The summed E-state index contributed by atoms with van der Waals surface area (Å²) in [7, 11) is 0. The number of hydrogen-bond donors (Lipinski definition) is 1. The lowest BCUT2D eigenvalue weighted by atomic mass is 10.1. The Bertz CT molecular complexity index is 549. The molecule has 1 fully saturated rings. The number of aromatic nitrogens is 4. The van der Waals surface area contributed by atoms with Crippen molar-refractivity contribution in [3.05, 3.63) is 18.7 Å². The Morgan fingerprint density at radius 1 is 1.47 bits per heavy atom. The molecule has 0 saturated carbocycles. The maximum Gasteiger partial charge on any atom is 0.203 e. The summed E-state index contributed by atoms with van der Waals surface area (Å²) < 4.78 is 1.88. The maximum absolute atomic E-state index is 4.35. The lowest BCUT2D eigenvalue weighted by Gasteiger charge is -2.20. The average molecular weight is 260 g/mol. The first-order valence-electron chi connectivity index (χ1n) is 6.86. The van der Waals surface area contributed by atoms with Crippen molar-refractivity contribution in [3.63, 3.8) is 0 Å². The number of anilines is 1. The second-order valence-electron chi connectivity index (χ2n) is 5.46. The van der Waals surface area contributed by atoms with Crippen molar-refractivity contribution in [1.82, 2.24) is 24.5 Å². The molecular formula is C13H20N6. The third kappa shape index (κ3) is 2.53. The fourth-order valence-electron chi connectivity index (χ4n) is 2.62. The summed E-state index contributed by atoms with van der Waals surface area (Å²) in [4.78, 5) is 6.87. The zero-order chi connectivity index (χ0) is 13.2. The Hall–Kier alpha value is -1.69. The van der Waals surface area contributed by atoms with Crippen molar-refractivity contribution in [1.29, 1.82) is 0 Å². The van der Waals surface area contributed by atoms with E-state index in [1.165, 1.54) is 19.5 Å². The number of rotatable bonds is 4. The van der Waals surface area contributed by atoms with Gasteiger partial charge in [0, 0.05) is 31.5 Å². The van der Waals surface area contributed by atoms with Gasteiger partial charge in [-0.25, -0.2) is 4.98 Å². The number of fused-ring (bicyclic) bond motifs is 1. The van der Waals surface area contributed by atoms with Crippen LogP contribution in [0.4, 0.5) is 5.82 Å². The van der Waals surface area contributed by atoms with E-state index in [0.717, 1.165) is 18.0 Å². The van der Waals surface area contributed by atoms with Gasteiger partial charge in [0.2, 0.25) is 5.65 Å². The Balaban J connectivity index is 1.62. The summed E-state index contributed by atoms with van der Waals surface area (Å²) in [5.74, 6) is 1.51. The van der Waals surface area contributed by atoms with Gasteiger partial charge in [0.1, 0.15) is 6.33 Å². The van der Waals surface area contributed by atoms with Gasteiger partial charge in [-0.1, -0.05) is 0 Å². The fourth-order valence-corrected chi connectivity index (χ4v) is 2.62. The van der Waals surface area contributed by atoms with Gasteiger partial charge < -0.3 is 10.2 Å². The minimum absolute atomic E-state index is 0.642. The highest BCUT2D eigenvalue weighted by molar-refractivity contribution is 5.61. The summed E-state index contributed by atoms with van der Waals surface area (Å²) in [5.41, 5.74) is 0.793. The van der Waals surface area contributed by atoms with E-state index in [9.17, 15) is 0 Å². The molecule has 1 atom stereocenters. The van der Waals surface area contributed by atoms with E-state index in [-0.39, 0.29) is 0 Å². The number of hydrogen-bond acceptors (Lipinski definition) is 5. The smallest absolute Gasteiger partial charge is 0.203 e. The van der Waals surface area contributed by atoms with E-state index in [2.05, 4.69) is 39.2 Å². The van der Waals surface area contributed by atoms with Crippen molar-refractivity contribution < 1.29 is 0 Å². The largest absolute Gasteiger partial charge is 0.367 e. The van der Waals surface area contributed by atoms with Crippen LogP contribution in [0.5, 0.6) is 0 Å². The molecule has 3 rings (SSSR count). The molecule has 1 N–H and O–H groups in total. The van der Waals surface area contributed by atoms with Crippen molar-refractivity contribution in [3.8, 4) is 0 Å². The topological polar surface area (TPSA) is 58.4 Å². The zero-order valence-corrected chi connectivity index (χ0v) is 11.5. The van der Waals surface area contributed by atoms with E-state index in [1.807, 2.05) is 10.6 Å². The molecule has 1 saturated heterocycles. The Morgan fingerprint density at radius 3 is 3.16 bits per heavy atom. The quantitative estimate of drug-likeness (QED) is 0.897. The Kier molecular flexibility index (Phi) is 3.33. The van der Waals surface area contributed by atoms with Gasteiger partial charge in [0.05, 0.1) is 0 Å². The predicted octanol–water partition coefficient (Wildman–Crippen LogP) is 1.27. The van der Waals surface area contributed by atoms with E-state index >= 15 is 0 Å². The first-order chi connectivity index (χ1) is 9.24. The minimum Gasteiger partial charge on any atom is -0.367 e. The molecule has 1 aliphatic rings. The molecular weight excluding hydrogens is 240 g/mol. The van der Waals surface area contributed by atoms with Gasteiger partial charge in [0.25, 0.3) is 0 Å². The van der Waals surface area contributed by atoms with Crippen LogP contribution in [0, 0.1) is 5.92 Å². The van der Waals surface area contributed by atoms with Crippen LogP contribution in [0.2, 0.25) is 0 Å². The third-order valence-corrected chi connectivity index (χ3v) is 3.82. The standard InChI is InChI=1S/C13H20N6/c1-10(2)18-5-3-11(8-18)7-15-12-13-17-16-9-19(13)6-4-14-12/h4,6,9-11H,3,5,7-8H2,1-2H3,(H,14,15). The summed E-state index contributed by atoms with van der Waals surface area (Å²) in [6.07, 6.45) is 6.57. The SMILES string of the molecule is CC(C)N1CCC(CNc2nccn3cnnc23)C1. The first-order valence-corrected chi connectivity index (χ1v) is 6.86. The molecule has 19 heavy (non-hydrogen) atoms. The molecule has 0 spiro atoms. The number of nitrogens with one attached hydrogen (secondary N) is 1. The molecule has 3 heterocycles. The van der Waals surface area contributed by atoms with E-state index in [0.29, 0.717) is 12.0 Å². The van der Waals surface area contributed by atoms with Gasteiger partial charge >= 0.3 is 0 Å². The van der Waals surface area contributed by atoms with Crippen LogP contribution in [-0.2, 0) is 0 Å². The van der Waals surface area contributed by atoms with Gasteiger partial charge in [0.15, 0.2) is 5.82 Å². The second kappa shape index (κ2) is 5.13. The molecule has 0 amide bonds. The van der Waals surface area contributed by atoms with Crippen LogP contribution in [0.15, 0.2) is 18.7 Å². The molecule has 0 bridgehead atoms. The summed E-state index contributed by atoms with van der Waals surface area (Å²) in [5, 5.41) is 11.4. The lowest BCUT2D eigenvalue weighted by Crippen LogP contribution is -2.29. The minimum atomic E-state index is 0.642. The molecule has 1 aliphatic heterocycles. The molecule has 0 aliphatic carbocycles. The predicted molar refractivity (Wildman–Crippen MR) is 74.1 cm³/mol. The van der Waals surface area contributed by atoms with E-state index in [4.69, 9.17) is 0 Å². The highest BCUT2D eigenvalue weighted by atomic mass is 15.2. The molecule has 0 radical (unpaired) electrons. The molecule has 6 nitrogen and oxygen atoms in total. The van der Waals surface area contributed by atoms with Crippen LogP contribution in [-0.4, -0.2) is 50.2 Å². The molecule has 1 unspecified atom stereocenters. The molecule has 2 aromatic heterocycles. The van der Waals surface area contributed by atoms with Crippen LogP contribution in [0.25, 0.3) is 5.65 Å². The zero-order valence-electron chi connectivity index (χ0n) is 11.5. The monoisotopic (exact) mass is 260 g/mol. The second-order valence-corrected chi connectivity index (χ2v) is 5.46. The van der Waals surface area contributed by atoms with Crippen LogP contribution in [0.3, 0.4) is 0 Å². The van der Waals surface area contributed by atoms with Crippen molar-refractivity contribution in [2.75, 3.05) is 25.0 Å². The van der Waals surface area contributed by atoms with Gasteiger partial charge in [-0.2, -0.15) is 0 Å². The van der Waals surface area contributed by atoms with E-state index < -0.39 is 0 Å². The van der Waals surface area contributed by atoms with Gasteiger partial charge in [-0.15, -0.1) is 10.2 Å². The highest BCUT2D eigenvalue weighted by Crippen LogP contribution is 2.19. The molecule has 102 valence electrons. The summed E-state index contributed by atoms with van der Waals surface area (Å²) in [6, 6.07) is 0.642. The molecule has 6 heteroatoms. The lowest BCUT2D eigenvalue weighted by molar-refractivity contribution is 0.266. The summed E-state index contributed by atoms with van der Waals surface area (Å²) in [6.45, 7) is 7.83. The van der Waals surface area contributed by atoms with E-state index in [1.54, 1.807) is 12.5 Å². The van der Waals surface area contributed by atoms with Crippen molar-refractivity contribution in [2.45, 2.75) is 26.3 Å². The number of nitrogens with zero attached hydrogens (tertiary/aromatic N) is 5. The maximum atomic E-state index is 4.35. The molecule has 2 aromatic rings.